The smallest absolute Gasteiger partial charge is 0.233 e. The van der Waals surface area contributed by atoms with Crippen LogP contribution in [0.4, 0.5) is 5.13 Å². The minimum Gasteiger partial charge on any atom is -0.493 e. The number of aromatic nitrogens is 1. The van der Waals surface area contributed by atoms with Crippen molar-refractivity contribution in [2.24, 2.45) is 0 Å². The number of anilines is 1. The van der Waals surface area contributed by atoms with Gasteiger partial charge in [0.05, 0.1) is 33.4 Å². The molecule has 0 bridgehead atoms. The van der Waals surface area contributed by atoms with Gasteiger partial charge >= 0.3 is 0 Å². The van der Waals surface area contributed by atoms with E-state index in [1.165, 1.54) is 18.4 Å². The van der Waals surface area contributed by atoms with Crippen LogP contribution >= 0.6 is 22.9 Å². The topological polar surface area (TPSA) is 60.9 Å². The first-order valence-corrected chi connectivity index (χ1v) is 10.7. The number of rotatable bonds is 9. The number of carbonyl (C=O) groups excluding carboxylic acids is 1. The number of carbonyl (C=O) groups is 1. The van der Waals surface area contributed by atoms with Gasteiger partial charge in [-0.3, -0.25) is 9.69 Å². The second kappa shape index (κ2) is 10.3. The van der Waals surface area contributed by atoms with E-state index in [-0.39, 0.29) is 12.3 Å². The lowest BCUT2D eigenvalue weighted by molar-refractivity contribution is -0.117. The predicted molar refractivity (Wildman–Crippen MR) is 125 cm³/mol. The van der Waals surface area contributed by atoms with Crippen molar-refractivity contribution in [3.8, 4) is 28.5 Å². The van der Waals surface area contributed by atoms with Crippen LogP contribution in [-0.2, 0) is 11.2 Å². The van der Waals surface area contributed by atoms with Gasteiger partial charge in [0.1, 0.15) is 0 Å². The number of benzene rings is 2. The maximum absolute atomic E-state index is 13.2. The SMILES string of the molecule is C=CCN(C(=O)Cc1cc(OC)c(OC)c(OC)c1)c1nc(-c2ccc(Cl)cc2)cs1. The number of hydrogen-bond acceptors (Lipinski definition) is 6. The second-order valence-electron chi connectivity index (χ2n) is 6.53. The van der Waals surface area contributed by atoms with Crippen molar-refractivity contribution in [1.29, 1.82) is 0 Å². The first-order chi connectivity index (χ1) is 15.0. The largest absolute Gasteiger partial charge is 0.493 e. The molecule has 0 aliphatic carbocycles. The third-order valence-electron chi connectivity index (χ3n) is 4.56. The molecule has 0 aliphatic heterocycles. The fourth-order valence-corrected chi connectivity index (χ4v) is 4.05. The average molecular weight is 459 g/mol. The molecule has 0 saturated heterocycles. The van der Waals surface area contributed by atoms with E-state index in [4.69, 9.17) is 25.8 Å². The molecular weight excluding hydrogens is 436 g/mol. The molecular formula is C23H23ClN2O4S. The van der Waals surface area contributed by atoms with Crippen LogP contribution in [0.2, 0.25) is 5.02 Å². The fraction of sp³-hybridized carbons (Fsp3) is 0.217. The van der Waals surface area contributed by atoms with Crippen LogP contribution < -0.4 is 19.1 Å². The van der Waals surface area contributed by atoms with Crippen LogP contribution in [0, 0.1) is 0 Å². The Kier molecular flexibility index (Phi) is 7.55. The molecule has 6 nitrogen and oxygen atoms in total. The summed E-state index contributed by atoms with van der Waals surface area (Å²) in [6.45, 7) is 4.12. The van der Waals surface area contributed by atoms with Crippen molar-refractivity contribution < 1.29 is 19.0 Å². The minimum absolute atomic E-state index is 0.119. The molecule has 0 atom stereocenters. The zero-order chi connectivity index (χ0) is 22.4. The van der Waals surface area contributed by atoms with Gasteiger partial charge in [0.25, 0.3) is 0 Å². The molecule has 0 spiro atoms. The van der Waals surface area contributed by atoms with Crippen LogP contribution in [0.3, 0.4) is 0 Å². The summed E-state index contributed by atoms with van der Waals surface area (Å²) in [5.74, 6) is 1.36. The molecule has 31 heavy (non-hydrogen) atoms. The second-order valence-corrected chi connectivity index (χ2v) is 7.80. The van der Waals surface area contributed by atoms with Gasteiger partial charge in [-0.1, -0.05) is 29.8 Å². The maximum Gasteiger partial charge on any atom is 0.233 e. The predicted octanol–water partition coefficient (Wildman–Crippen LogP) is 5.25. The summed E-state index contributed by atoms with van der Waals surface area (Å²) in [5.41, 5.74) is 2.46. The summed E-state index contributed by atoms with van der Waals surface area (Å²) in [6.07, 6.45) is 1.82. The zero-order valence-corrected chi connectivity index (χ0v) is 19.1. The van der Waals surface area contributed by atoms with E-state index in [1.807, 2.05) is 29.6 Å². The van der Waals surface area contributed by atoms with Crippen molar-refractivity contribution in [1.82, 2.24) is 4.98 Å². The third-order valence-corrected chi connectivity index (χ3v) is 5.67. The molecule has 1 aromatic heterocycles. The van der Waals surface area contributed by atoms with Crippen LogP contribution in [-0.4, -0.2) is 38.8 Å². The highest BCUT2D eigenvalue weighted by Crippen LogP contribution is 2.38. The highest BCUT2D eigenvalue weighted by atomic mass is 35.5. The molecule has 0 N–H and O–H groups in total. The average Bonchev–Trinajstić information content (AvgIpc) is 3.26. The summed E-state index contributed by atoms with van der Waals surface area (Å²) in [4.78, 5) is 19.4. The van der Waals surface area contributed by atoms with Crippen molar-refractivity contribution in [3.63, 3.8) is 0 Å². The Hall–Kier alpha value is -3.03. The molecule has 3 aromatic rings. The molecule has 0 fully saturated rings. The number of ether oxygens (including phenoxy) is 3. The van der Waals surface area contributed by atoms with Gasteiger partial charge in [0, 0.05) is 22.5 Å². The number of amides is 1. The highest BCUT2D eigenvalue weighted by molar-refractivity contribution is 7.14. The quantitative estimate of drug-likeness (QED) is 0.410. The Morgan fingerprint density at radius 1 is 1.13 bits per heavy atom. The first-order valence-electron chi connectivity index (χ1n) is 9.42. The normalized spacial score (nSPS) is 10.5. The molecule has 8 heteroatoms. The number of nitrogens with zero attached hydrogens (tertiary/aromatic N) is 2. The van der Waals surface area contributed by atoms with Gasteiger partial charge in [0.2, 0.25) is 11.7 Å². The monoisotopic (exact) mass is 458 g/mol. The van der Waals surface area contributed by atoms with Crippen LogP contribution in [0.5, 0.6) is 17.2 Å². The van der Waals surface area contributed by atoms with E-state index in [0.717, 1.165) is 16.8 Å². The third kappa shape index (κ3) is 5.18. The summed E-state index contributed by atoms with van der Waals surface area (Å²) in [7, 11) is 4.62. The van der Waals surface area contributed by atoms with Gasteiger partial charge in [-0.05, 0) is 29.8 Å². The molecule has 1 amide bonds. The molecule has 0 aliphatic rings. The van der Waals surface area contributed by atoms with E-state index < -0.39 is 0 Å². The van der Waals surface area contributed by atoms with Gasteiger partial charge in [0.15, 0.2) is 16.6 Å². The van der Waals surface area contributed by atoms with Crippen LogP contribution in [0.15, 0.2) is 54.4 Å². The van der Waals surface area contributed by atoms with Crippen LogP contribution in [0.1, 0.15) is 5.56 Å². The summed E-state index contributed by atoms with van der Waals surface area (Å²) in [5, 5.41) is 3.18. The van der Waals surface area contributed by atoms with E-state index in [1.54, 1.807) is 37.3 Å². The van der Waals surface area contributed by atoms with Gasteiger partial charge in [-0.15, -0.1) is 17.9 Å². The van der Waals surface area contributed by atoms with Crippen molar-refractivity contribution in [2.45, 2.75) is 6.42 Å². The molecule has 162 valence electrons. The first kappa shape index (κ1) is 22.7. The Labute approximate surface area is 190 Å². The lowest BCUT2D eigenvalue weighted by atomic mass is 10.1. The number of methoxy groups -OCH3 is 3. The fourth-order valence-electron chi connectivity index (χ4n) is 3.06. The van der Waals surface area contributed by atoms with Crippen molar-refractivity contribution >= 4 is 34.0 Å². The van der Waals surface area contributed by atoms with Gasteiger partial charge in [-0.25, -0.2) is 4.98 Å². The van der Waals surface area contributed by atoms with E-state index in [9.17, 15) is 4.79 Å². The van der Waals surface area contributed by atoms with E-state index >= 15 is 0 Å². The van der Waals surface area contributed by atoms with Crippen molar-refractivity contribution in [3.05, 3.63) is 65.0 Å². The van der Waals surface area contributed by atoms with Gasteiger partial charge < -0.3 is 14.2 Å². The molecule has 0 saturated carbocycles. The highest BCUT2D eigenvalue weighted by Gasteiger charge is 2.21. The summed E-state index contributed by atoms with van der Waals surface area (Å²) in [6, 6.07) is 11.0. The Morgan fingerprint density at radius 3 is 2.32 bits per heavy atom. The maximum atomic E-state index is 13.2. The Morgan fingerprint density at radius 2 is 1.77 bits per heavy atom. The lowest BCUT2D eigenvalue weighted by Gasteiger charge is -2.19. The zero-order valence-electron chi connectivity index (χ0n) is 17.6. The molecule has 0 unspecified atom stereocenters. The number of hydrogen-bond donors (Lipinski definition) is 0. The minimum atomic E-state index is -0.119. The van der Waals surface area contributed by atoms with Crippen molar-refractivity contribution in [2.75, 3.05) is 32.8 Å². The van der Waals surface area contributed by atoms with Crippen LogP contribution in [0.25, 0.3) is 11.3 Å². The lowest BCUT2D eigenvalue weighted by Crippen LogP contribution is -2.32. The molecule has 0 radical (unpaired) electrons. The summed E-state index contributed by atoms with van der Waals surface area (Å²) >= 11 is 7.37. The molecule has 1 heterocycles. The standard InChI is InChI=1S/C23H23ClN2O4S/c1-5-10-26(23-25-18(14-31-23)16-6-8-17(24)9-7-16)21(27)13-15-11-19(28-2)22(30-4)20(12-15)29-3/h5-9,11-12,14H,1,10,13H2,2-4H3. The number of halogens is 1. The van der Waals surface area contributed by atoms with E-state index in [2.05, 4.69) is 11.6 Å². The van der Waals surface area contributed by atoms with Gasteiger partial charge in [-0.2, -0.15) is 0 Å². The summed E-state index contributed by atoms with van der Waals surface area (Å²) < 4.78 is 16.1. The Bertz CT molecular complexity index is 1040. The number of thiazole rings is 1. The Balaban J connectivity index is 1.86. The molecule has 2 aromatic carbocycles. The molecule has 3 rings (SSSR count). The van der Waals surface area contributed by atoms with E-state index in [0.29, 0.717) is 33.9 Å².